The van der Waals surface area contributed by atoms with Crippen molar-refractivity contribution in [2.45, 2.75) is 19.8 Å². The Balaban J connectivity index is 0. The first-order valence-electron chi connectivity index (χ1n) is 2.89. The molecule has 0 aliphatic carbocycles. The maximum atomic E-state index is 7.66. The minimum absolute atomic E-state index is 1.07. The molecule has 0 bridgehead atoms. The van der Waals surface area contributed by atoms with Gasteiger partial charge in [-0.25, -0.2) is 0 Å². The van der Waals surface area contributed by atoms with Gasteiger partial charge in [-0.2, -0.15) is 5.26 Å². The summed E-state index contributed by atoms with van der Waals surface area (Å²) in [5, 5.41) is 22.8. The van der Waals surface area contributed by atoms with Gasteiger partial charge in [0.15, 0.2) is 0 Å². The van der Waals surface area contributed by atoms with Crippen molar-refractivity contribution in [3.8, 4) is 6.26 Å². The van der Waals surface area contributed by atoms with E-state index in [1.54, 1.807) is 0 Å². The summed E-state index contributed by atoms with van der Waals surface area (Å²) in [6, 6.07) is 0. The van der Waals surface area contributed by atoms with Crippen molar-refractivity contribution >= 4 is 7.32 Å². The molecule has 0 amide bonds. The molecule has 0 aromatic heterocycles. The molecule has 10 heavy (non-hydrogen) atoms. The van der Waals surface area contributed by atoms with E-state index in [9.17, 15) is 0 Å². The summed E-state index contributed by atoms with van der Waals surface area (Å²) in [6.07, 6.45) is 3.34. The molecule has 0 unspecified atom stereocenters. The molecule has 5 heteroatoms. The molecule has 57 valence electrons. The summed E-state index contributed by atoms with van der Waals surface area (Å²) >= 11 is 0. The van der Waals surface area contributed by atoms with E-state index >= 15 is 0 Å². The highest BCUT2D eigenvalue weighted by Gasteiger charge is 2.06. The molecule has 4 nitrogen and oxygen atoms in total. The molecule has 0 heterocycles. The summed E-state index contributed by atoms with van der Waals surface area (Å²) in [4.78, 5) is 0. The van der Waals surface area contributed by atoms with Gasteiger partial charge in [-0.05, 0) is 0 Å². The average Bonchev–Trinajstić information content (AvgIpc) is 1.89. The minimum atomic E-state index is -1.96. The summed E-state index contributed by atoms with van der Waals surface area (Å²) in [6.45, 7) is 5.72. The van der Waals surface area contributed by atoms with Crippen LogP contribution in [0.25, 0.3) is 0 Å². The lowest BCUT2D eigenvalue weighted by Gasteiger charge is -1.83. The van der Waals surface area contributed by atoms with Gasteiger partial charge in [0.25, 0.3) is 6.26 Å². The third-order valence-electron chi connectivity index (χ3n) is 0.512. The van der Waals surface area contributed by atoms with Crippen LogP contribution < -0.4 is 0 Å². The Kier molecular flexibility index (Phi) is 13.3. The van der Waals surface area contributed by atoms with Crippen LogP contribution in [0.4, 0.5) is 0 Å². The second kappa shape index (κ2) is 11.1. The maximum Gasteiger partial charge on any atom is 0.717 e. The van der Waals surface area contributed by atoms with Gasteiger partial charge in [-0.15, -0.1) is 0 Å². The Morgan fingerprint density at radius 2 is 2.10 bits per heavy atom. The maximum absolute atomic E-state index is 7.66. The van der Waals surface area contributed by atoms with E-state index in [-0.39, 0.29) is 0 Å². The molecule has 0 saturated heterocycles. The van der Waals surface area contributed by atoms with Crippen LogP contribution in [0.1, 0.15) is 19.8 Å². The topological polar surface area (TPSA) is 73.5 Å². The highest BCUT2D eigenvalue weighted by molar-refractivity contribution is 6.33. The molecule has 0 aliphatic heterocycles. The molecule has 0 aromatic rings. The number of nitriles is 1. The van der Waals surface area contributed by atoms with Crippen molar-refractivity contribution in [1.82, 2.24) is 0 Å². The normalized spacial score (nSPS) is 6.70. The SMILES string of the molecule is N#COB(O)O.[CH2]CCC. The highest BCUT2D eigenvalue weighted by atomic mass is 16.6. The van der Waals surface area contributed by atoms with Crippen LogP contribution in [0.15, 0.2) is 0 Å². The third-order valence-corrected chi connectivity index (χ3v) is 0.512. The Labute approximate surface area is 61.2 Å². The molecule has 0 aliphatic rings. The number of hydrogen-bond acceptors (Lipinski definition) is 4. The largest absolute Gasteiger partial charge is 0.717 e. The van der Waals surface area contributed by atoms with Crippen molar-refractivity contribution in [2.75, 3.05) is 0 Å². The summed E-state index contributed by atoms with van der Waals surface area (Å²) in [5.74, 6) is 0. The van der Waals surface area contributed by atoms with E-state index in [1.165, 1.54) is 6.42 Å². The summed E-state index contributed by atoms with van der Waals surface area (Å²) in [7, 11) is -1.96. The Bertz CT molecular complexity index is 89.4. The van der Waals surface area contributed by atoms with Crippen molar-refractivity contribution < 1.29 is 14.7 Å². The first kappa shape index (κ1) is 12.0. The van der Waals surface area contributed by atoms with Gasteiger partial charge in [0.05, 0.1) is 0 Å². The Morgan fingerprint density at radius 3 is 2.10 bits per heavy atom. The number of rotatable bonds is 2. The van der Waals surface area contributed by atoms with E-state index in [0.717, 1.165) is 12.7 Å². The zero-order chi connectivity index (χ0) is 8.41. The van der Waals surface area contributed by atoms with Crippen LogP contribution in [-0.4, -0.2) is 17.4 Å². The standard InChI is InChI=1S/C4H9.CH2BNO3/c1-3-4-2;3-1-6-2(4)5/h1,3-4H2,2H3;4-5H. The predicted octanol–water partition coefficient (Wildman–Crippen LogP) is 0.0742. The average molecular weight is 144 g/mol. The van der Waals surface area contributed by atoms with Gasteiger partial charge in [0.2, 0.25) is 0 Å². The lowest BCUT2D eigenvalue weighted by atomic mass is 10.3. The lowest BCUT2D eigenvalue weighted by Crippen LogP contribution is -2.12. The zero-order valence-corrected chi connectivity index (χ0v) is 5.95. The highest BCUT2D eigenvalue weighted by Crippen LogP contribution is 1.76. The molecule has 1 radical (unpaired) electrons. The molecule has 0 aromatic carbocycles. The number of unbranched alkanes of at least 4 members (excludes halogenated alkanes) is 1. The molecular weight excluding hydrogens is 133 g/mol. The quantitative estimate of drug-likeness (QED) is 0.424. The van der Waals surface area contributed by atoms with Crippen molar-refractivity contribution in [3.05, 3.63) is 6.92 Å². The van der Waals surface area contributed by atoms with Gasteiger partial charge in [-0.3, -0.25) is 0 Å². The lowest BCUT2D eigenvalue weighted by molar-refractivity contribution is 0.267. The van der Waals surface area contributed by atoms with E-state index in [4.69, 9.17) is 15.3 Å². The van der Waals surface area contributed by atoms with Crippen LogP contribution >= 0.6 is 0 Å². The van der Waals surface area contributed by atoms with Gasteiger partial charge >= 0.3 is 7.32 Å². The van der Waals surface area contributed by atoms with Crippen LogP contribution in [0, 0.1) is 18.4 Å². The smallest absolute Gasteiger partial charge is 0.442 e. The van der Waals surface area contributed by atoms with Gasteiger partial charge in [-0.1, -0.05) is 26.7 Å². The predicted molar refractivity (Wildman–Crippen MR) is 37.2 cm³/mol. The van der Waals surface area contributed by atoms with Crippen LogP contribution in [0.2, 0.25) is 0 Å². The minimum Gasteiger partial charge on any atom is -0.442 e. The van der Waals surface area contributed by atoms with E-state index in [2.05, 4.69) is 18.5 Å². The van der Waals surface area contributed by atoms with Crippen LogP contribution in [0.5, 0.6) is 0 Å². The number of hydrogen-bond donors (Lipinski definition) is 2. The molecule has 0 saturated carbocycles. The van der Waals surface area contributed by atoms with Gasteiger partial charge in [0, 0.05) is 0 Å². The second-order valence-corrected chi connectivity index (χ2v) is 1.39. The van der Waals surface area contributed by atoms with Crippen molar-refractivity contribution in [1.29, 1.82) is 5.26 Å². The van der Waals surface area contributed by atoms with Crippen molar-refractivity contribution in [3.63, 3.8) is 0 Å². The fourth-order valence-corrected chi connectivity index (χ4v) is 0.0471. The molecular formula is C5H11BNO3. The first-order chi connectivity index (χ1) is 4.68. The molecule has 0 atom stereocenters. The Morgan fingerprint density at radius 1 is 1.70 bits per heavy atom. The number of nitrogens with zero attached hydrogens (tertiary/aromatic N) is 1. The fourth-order valence-electron chi connectivity index (χ4n) is 0.0471. The molecule has 0 spiro atoms. The van der Waals surface area contributed by atoms with Crippen LogP contribution in [0.3, 0.4) is 0 Å². The van der Waals surface area contributed by atoms with Gasteiger partial charge < -0.3 is 14.7 Å². The van der Waals surface area contributed by atoms with Crippen molar-refractivity contribution in [2.24, 2.45) is 0 Å². The Hall–Kier alpha value is -0.725. The van der Waals surface area contributed by atoms with Crippen LogP contribution in [-0.2, 0) is 4.65 Å². The fraction of sp³-hybridized carbons (Fsp3) is 0.600. The van der Waals surface area contributed by atoms with E-state index in [1.807, 2.05) is 0 Å². The van der Waals surface area contributed by atoms with E-state index in [0.29, 0.717) is 0 Å². The third kappa shape index (κ3) is 26.7. The molecule has 2 N–H and O–H groups in total. The van der Waals surface area contributed by atoms with E-state index < -0.39 is 7.32 Å². The molecule has 0 rings (SSSR count). The summed E-state index contributed by atoms with van der Waals surface area (Å²) in [5.41, 5.74) is 0. The first-order valence-corrected chi connectivity index (χ1v) is 2.89. The summed E-state index contributed by atoms with van der Waals surface area (Å²) < 4.78 is 3.46. The van der Waals surface area contributed by atoms with Gasteiger partial charge in [0.1, 0.15) is 0 Å². The monoisotopic (exact) mass is 144 g/mol. The second-order valence-electron chi connectivity index (χ2n) is 1.39. The molecule has 0 fully saturated rings. The zero-order valence-electron chi connectivity index (χ0n) is 5.95.